The third-order valence-electron chi connectivity index (χ3n) is 5.98. The molecule has 0 heterocycles. The lowest BCUT2D eigenvalue weighted by Gasteiger charge is -2.31. The van der Waals surface area contributed by atoms with Crippen LogP contribution in [0.1, 0.15) is 90.9 Å². The van der Waals surface area contributed by atoms with E-state index in [0.717, 1.165) is 24.4 Å². The van der Waals surface area contributed by atoms with E-state index in [2.05, 4.69) is 26.0 Å². The lowest BCUT2D eigenvalue weighted by molar-refractivity contribution is 0.0151. The Morgan fingerprint density at radius 2 is 1.45 bits per heavy atom. The average molecular weight is 307 g/mol. The molecule has 22 heavy (non-hydrogen) atoms. The Morgan fingerprint density at radius 1 is 0.864 bits per heavy atom. The molecular weight excluding hydrogens is 268 g/mol. The van der Waals surface area contributed by atoms with E-state index < -0.39 is 0 Å². The number of rotatable bonds is 8. The molecule has 0 bridgehead atoms. The van der Waals surface area contributed by atoms with Crippen molar-refractivity contribution >= 4 is 0 Å². The van der Waals surface area contributed by atoms with Crippen LogP contribution in [0.15, 0.2) is 12.2 Å². The van der Waals surface area contributed by atoms with Crippen LogP contribution in [0.5, 0.6) is 0 Å². The van der Waals surface area contributed by atoms with Crippen molar-refractivity contribution in [2.75, 3.05) is 6.61 Å². The Hall–Kier alpha value is -0.300. The first-order valence-electron chi connectivity index (χ1n) is 10.1. The van der Waals surface area contributed by atoms with Crippen molar-refractivity contribution in [2.24, 2.45) is 17.8 Å². The summed E-state index contributed by atoms with van der Waals surface area (Å²) in [4.78, 5) is 0. The van der Waals surface area contributed by atoms with Gasteiger partial charge in [-0.15, -0.1) is 0 Å². The second-order valence-electron chi connectivity index (χ2n) is 7.75. The summed E-state index contributed by atoms with van der Waals surface area (Å²) in [5.41, 5.74) is 0. The maximum absolute atomic E-state index is 5.99. The molecule has 2 fully saturated rings. The molecule has 0 N–H and O–H groups in total. The zero-order chi connectivity index (χ0) is 15.6. The van der Waals surface area contributed by atoms with Gasteiger partial charge < -0.3 is 4.74 Å². The normalized spacial score (nSPS) is 33.4. The van der Waals surface area contributed by atoms with Crippen molar-refractivity contribution in [2.45, 2.75) is 97.0 Å². The van der Waals surface area contributed by atoms with Crippen LogP contribution in [0.25, 0.3) is 0 Å². The van der Waals surface area contributed by atoms with Gasteiger partial charge in [-0.2, -0.15) is 0 Å². The fourth-order valence-corrected chi connectivity index (χ4v) is 4.39. The summed E-state index contributed by atoms with van der Waals surface area (Å²) in [6, 6.07) is 0. The van der Waals surface area contributed by atoms with Gasteiger partial charge in [-0.1, -0.05) is 38.3 Å². The smallest absolute Gasteiger partial charge is 0.0575 e. The third kappa shape index (κ3) is 6.44. The second-order valence-corrected chi connectivity index (χ2v) is 7.75. The van der Waals surface area contributed by atoms with Crippen molar-refractivity contribution in [3.63, 3.8) is 0 Å². The lowest BCUT2D eigenvalue weighted by atomic mass is 9.77. The molecule has 0 radical (unpaired) electrons. The highest BCUT2D eigenvalue weighted by Crippen LogP contribution is 2.36. The molecule has 2 aliphatic rings. The van der Waals surface area contributed by atoms with Crippen LogP contribution in [0.3, 0.4) is 0 Å². The van der Waals surface area contributed by atoms with Crippen LogP contribution in [0.4, 0.5) is 0 Å². The molecule has 2 saturated carbocycles. The molecule has 1 nitrogen and oxygen atoms in total. The molecule has 0 aliphatic heterocycles. The Labute approximate surface area is 138 Å². The van der Waals surface area contributed by atoms with Crippen molar-refractivity contribution in [1.82, 2.24) is 0 Å². The van der Waals surface area contributed by atoms with Gasteiger partial charge in [0.25, 0.3) is 0 Å². The predicted molar refractivity (Wildman–Crippen MR) is 96.1 cm³/mol. The highest BCUT2D eigenvalue weighted by Gasteiger charge is 2.24. The molecule has 0 aromatic carbocycles. The lowest BCUT2D eigenvalue weighted by Crippen LogP contribution is -2.23. The minimum Gasteiger partial charge on any atom is -0.378 e. The van der Waals surface area contributed by atoms with Crippen molar-refractivity contribution in [1.29, 1.82) is 0 Å². The molecule has 2 aliphatic carbocycles. The summed E-state index contributed by atoms with van der Waals surface area (Å²) in [7, 11) is 0. The van der Waals surface area contributed by atoms with Crippen LogP contribution in [-0.2, 0) is 4.74 Å². The first-order valence-corrected chi connectivity index (χ1v) is 10.1. The highest BCUT2D eigenvalue weighted by molar-refractivity contribution is 4.89. The molecule has 0 amide bonds. The Balaban J connectivity index is 1.54. The quantitative estimate of drug-likeness (QED) is 0.366. The first kappa shape index (κ1) is 18.0. The van der Waals surface area contributed by atoms with E-state index in [1.807, 2.05) is 0 Å². The third-order valence-corrected chi connectivity index (χ3v) is 5.98. The summed E-state index contributed by atoms with van der Waals surface area (Å²) in [6.45, 7) is 5.39. The number of hydrogen-bond donors (Lipinski definition) is 0. The standard InChI is InChI=1S/C21H38O/c1-3-5-17-22-21-15-13-20(14-16-21)12-11-19-9-7-18(6-4-2)8-10-19/h4,6,18-21H,3,5,7-17H2,1-2H3/t18-,19-,20-,21-. The van der Waals surface area contributed by atoms with Gasteiger partial charge in [-0.3, -0.25) is 0 Å². The zero-order valence-electron chi connectivity index (χ0n) is 15.1. The number of ether oxygens (including phenoxy) is 1. The van der Waals surface area contributed by atoms with Gasteiger partial charge in [0, 0.05) is 6.61 Å². The molecule has 128 valence electrons. The first-order chi connectivity index (χ1) is 10.8. The minimum absolute atomic E-state index is 0.582. The zero-order valence-corrected chi connectivity index (χ0v) is 15.1. The van der Waals surface area contributed by atoms with E-state index in [1.165, 1.54) is 77.0 Å². The predicted octanol–water partition coefficient (Wildman–Crippen LogP) is 6.52. The van der Waals surface area contributed by atoms with E-state index in [0.29, 0.717) is 6.10 Å². The van der Waals surface area contributed by atoms with Crippen LogP contribution in [-0.4, -0.2) is 12.7 Å². The van der Waals surface area contributed by atoms with Gasteiger partial charge in [0.2, 0.25) is 0 Å². The van der Waals surface area contributed by atoms with Crippen molar-refractivity contribution < 1.29 is 4.74 Å². The summed E-state index contributed by atoms with van der Waals surface area (Å²) in [5.74, 6) is 2.91. The molecular formula is C21H38O. The summed E-state index contributed by atoms with van der Waals surface area (Å²) in [6.07, 6.45) is 22.0. The fraction of sp³-hybridized carbons (Fsp3) is 0.905. The molecule has 2 rings (SSSR count). The van der Waals surface area contributed by atoms with Crippen LogP contribution in [0.2, 0.25) is 0 Å². The Morgan fingerprint density at radius 3 is 2.00 bits per heavy atom. The second kappa shape index (κ2) is 10.5. The van der Waals surface area contributed by atoms with E-state index >= 15 is 0 Å². The van der Waals surface area contributed by atoms with Crippen molar-refractivity contribution in [3.05, 3.63) is 12.2 Å². The maximum atomic E-state index is 5.99. The molecule has 0 spiro atoms. The maximum Gasteiger partial charge on any atom is 0.0575 e. The number of unbranched alkanes of at least 4 members (excludes halogenated alkanes) is 1. The van der Waals surface area contributed by atoms with Crippen LogP contribution < -0.4 is 0 Å². The van der Waals surface area contributed by atoms with E-state index in [4.69, 9.17) is 4.74 Å². The molecule has 0 aromatic heterocycles. The molecule has 0 unspecified atom stereocenters. The topological polar surface area (TPSA) is 9.23 Å². The molecule has 1 heteroatoms. The average Bonchev–Trinajstić information content (AvgIpc) is 2.56. The largest absolute Gasteiger partial charge is 0.378 e. The Kier molecular flexibility index (Phi) is 8.59. The molecule has 0 atom stereocenters. The van der Waals surface area contributed by atoms with Gasteiger partial charge in [-0.05, 0) is 82.5 Å². The van der Waals surface area contributed by atoms with Gasteiger partial charge in [0.05, 0.1) is 6.10 Å². The van der Waals surface area contributed by atoms with Gasteiger partial charge >= 0.3 is 0 Å². The van der Waals surface area contributed by atoms with Crippen LogP contribution >= 0.6 is 0 Å². The molecule has 0 saturated heterocycles. The summed E-state index contributed by atoms with van der Waals surface area (Å²) < 4.78 is 5.99. The molecule has 0 aromatic rings. The van der Waals surface area contributed by atoms with Gasteiger partial charge in [0.15, 0.2) is 0 Å². The van der Waals surface area contributed by atoms with Gasteiger partial charge in [-0.25, -0.2) is 0 Å². The van der Waals surface area contributed by atoms with Crippen LogP contribution in [0, 0.1) is 17.8 Å². The summed E-state index contributed by atoms with van der Waals surface area (Å²) in [5, 5.41) is 0. The summed E-state index contributed by atoms with van der Waals surface area (Å²) >= 11 is 0. The monoisotopic (exact) mass is 306 g/mol. The van der Waals surface area contributed by atoms with E-state index in [1.54, 1.807) is 0 Å². The van der Waals surface area contributed by atoms with Crippen molar-refractivity contribution in [3.8, 4) is 0 Å². The fourth-order valence-electron chi connectivity index (χ4n) is 4.39. The van der Waals surface area contributed by atoms with E-state index in [-0.39, 0.29) is 0 Å². The Bertz CT molecular complexity index is 293. The number of allylic oxidation sites excluding steroid dienone is 2. The minimum atomic E-state index is 0.582. The highest BCUT2D eigenvalue weighted by atomic mass is 16.5. The van der Waals surface area contributed by atoms with Gasteiger partial charge in [0.1, 0.15) is 0 Å². The van der Waals surface area contributed by atoms with E-state index in [9.17, 15) is 0 Å². The SMILES string of the molecule is CC=C[C@H]1CC[C@H](CC[C@H]2CC[C@H](OCCCC)CC2)CC1. The number of hydrogen-bond acceptors (Lipinski definition) is 1.